The van der Waals surface area contributed by atoms with Crippen LogP contribution >= 0.6 is 0 Å². The Bertz CT molecular complexity index is 1830. The Hall–Kier alpha value is -2.90. The van der Waals surface area contributed by atoms with Crippen molar-refractivity contribution in [2.75, 3.05) is 0 Å². The second-order valence-corrected chi connectivity index (χ2v) is 71.3. The molecule has 4 aromatic carbocycles. The van der Waals surface area contributed by atoms with Crippen LogP contribution in [0.3, 0.4) is 0 Å². The number of aryl methyl sites for hydroxylation is 4. The summed E-state index contributed by atoms with van der Waals surface area (Å²) in [5.74, 6) is 0.529. The van der Waals surface area contributed by atoms with Crippen molar-refractivity contribution in [2.24, 2.45) is 5.92 Å². The van der Waals surface area contributed by atoms with E-state index >= 15 is 0 Å². The molecule has 43 heavy (non-hydrogen) atoms. The summed E-state index contributed by atoms with van der Waals surface area (Å²) in [7, 11) is 0. The third-order valence-electron chi connectivity index (χ3n) is 11.9. The molecule has 0 aromatic heterocycles. The number of rotatable bonds is 6. The van der Waals surface area contributed by atoms with Gasteiger partial charge in [-0.2, -0.15) is 0 Å². The zero-order valence-corrected chi connectivity index (χ0v) is 31.5. The first kappa shape index (κ1) is 30.1. The second-order valence-electron chi connectivity index (χ2n) is 18.0. The van der Waals surface area contributed by atoms with Crippen LogP contribution in [0.1, 0.15) is 65.7 Å². The van der Waals surface area contributed by atoms with Gasteiger partial charge in [-0.15, -0.1) is 0 Å². The van der Waals surface area contributed by atoms with Crippen molar-refractivity contribution >= 4 is 16.4 Å². The Labute approximate surface area is 254 Å². The maximum atomic E-state index is 5.74. The Morgan fingerprint density at radius 3 is 1.28 bits per heavy atom. The van der Waals surface area contributed by atoms with Gasteiger partial charge < -0.3 is 0 Å². The van der Waals surface area contributed by atoms with E-state index in [1.807, 2.05) is 0 Å². The molecular formula is C42H50Hf. The number of hydrogen-bond acceptors (Lipinski definition) is 0. The Morgan fingerprint density at radius 1 is 0.581 bits per heavy atom. The monoisotopic (exact) mass is 734 g/mol. The summed E-state index contributed by atoms with van der Waals surface area (Å²) in [6.07, 6.45) is 10.0. The molecular weight excluding hydrogens is 683 g/mol. The molecule has 2 unspecified atom stereocenters. The number of hydrogen-bond donors (Lipinski definition) is 0. The van der Waals surface area contributed by atoms with E-state index in [0.29, 0.717) is 5.92 Å². The van der Waals surface area contributed by atoms with Gasteiger partial charge in [-0.3, -0.25) is 0 Å². The molecule has 0 bridgehead atoms. The zero-order chi connectivity index (χ0) is 31.1. The number of allylic oxidation sites excluding steroid dienone is 2. The molecule has 2 aliphatic carbocycles. The predicted octanol–water partition coefficient (Wildman–Crippen LogP) is 12.5. The quantitative estimate of drug-likeness (QED) is 0.173. The SMILES string of the molecule is [CH2]=[Hf]([CH3])([CH3])([CH3])([CH2]C(C)C)([CH]1C=Cc2c(-c3c(C)cccc3C)cccc21)[CH]1C=Cc2c(-c3c(C)cccc3C)cccc21. The molecule has 1 heteroatoms. The molecule has 2 aliphatic rings. The molecule has 0 heterocycles. The van der Waals surface area contributed by atoms with Crippen LogP contribution in [0, 0.1) is 33.6 Å². The molecule has 0 saturated heterocycles. The van der Waals surface area contributed by atoms with Crippen LogP contribution in [-0.4, -0.2) is 4.26 Å². The second kappa shape index (κ2) is 8.85. The summed E-state index contributed by atoms with van der Waals surface area (Å²) in [6.45, 7) is 13.8. The molecule has 0 saturated carbocycles. The van der Waals surface area contributed by atoms with Gasteiger partial charge >= 0.3 is 256 Å². The van der Waals surface area contributed by atoms with E-state index in [4.69, 9.17) is 4.26 Å². The maximum absolute atomic E-state index is 5.74. The van der Waals surface area contributed by atoms with Gasteiger partial charge in [0.15, 0.2) is 0 Å². The molecule has 0 fully saturated rings. The van der Waals surface area contributed by atoms with Gasteiger partial charge in [0.1, 0.15) is 0 Å². The van der Waals surface area contributed by atoms with Crippen molar-refractivity contribution in [1.82, 2.24) is 0 Å². The van der Waals surface area contributed by atoms with Gasteiger partial charge in [-0.25, -0.2) is 0 Å². The summed E-state index contributed by atoms with van der Waals surface area (Å²) in [4.78, 5) is 0. The fourth-order valence-corrected chi connectivity index (χ4v) is 48.6. The van der Waals surface area contributed by atoms with Gasteiger partial charge in [-0.05, 0) is 0 Å². The van der Waals surface area contributed by atoms with Crippen LogP contribution in [0.25, 0.3) is 34.4 Å². The standard InChI is InChI=1S/2C17H15.C4H9.3CH3.CH2.Hf/c2*1-12-6-3-7-13(2)17(12)16-11-5-9-14-8-4-10-15(14)16;1-4(2)3;;;;;/h2*3-11H,1-2H3;4H,1H2,2-3H3;3*1H3;1H2;. The molecule has 0 radical (unpaired) electrons. The summed E-state index contributed by atoms with van der Waals surface area (Å²) in [5.41, 5.74) is 16.6. The molecule has 2 atom stereocenters. The Balaban J connectivity index is 1.61. The molecule has 0 spiro atoms. The van der Waals surface area contributed by atoms with Crippen molar-refractivity contribution in [3.8, 4) is 22.3 Å². The Kier molecular flexibility index (Phi) is 6.20. The molecule has 6 rings (SSSR count). The summed E-state index contributed by atoms with van der Waals surface area (Å²) < 4.78 is 15.6. The summed E-state index contributed by atoms with van der Waals surface area (Å²) in [6, 6.07) is 27.4. The van der Waals surface area contributed by atoms with Crippen LogP contribution in [0.15, 0.2) is 84.9 Å². The minimum absolute atomic E-state index is 0.287. The number of benzene rings is 4. The van der Waals surface area contributed by atoms with Gasteiger partial charge in [0, 0.05) is 0 Å². The van der Waals surface area contributed by atoms with E-state index in [1.165, 1.54) is 66.8 Å². The summed E-state index contributed by atoms with van der Waals surface area (Å²) >= 11 is -5.26. The van der Waals surface area contributed by atoms with E-state index in [-0.39, 0.29) is 7.35 Å². The fourth-order valence-electron chi connectivity index (χ4n) is 10.5. The first-order valence-corrected chi connectivity index (χ1v) is 36.3. The van der Waals surface area contributed by atoms with Crippen molar-refractivity contribution in [1.29, 1.82) is 0 Å². The first-order valence-electron chi connectivity index (χ1n) is 16.3. The van der Waals surface area contributed by atoms with E-state index in [0.717, 1.165) is 4.18 Å². The molecule has 0 aliphatic heterocycles. The van der Waals surface area contributed by atoms with Crippen molar-refractivity contribution in [3.63, 3.8) is 0 Å². The first-order chi connectivity index (χ1) is 20.0. The van der Waals surface area contributed by atoms with Crippen LogP contribution < -0.4 is 0 Å². The molecule has 0 nitrogen and oxygen atoms in total. The van der Waals surface area contributed by atoms with E-state index < -0.39 is 15.1 Å². The molecule has 222 valence electrons. The van der Waals surface area contributed by atoms with Crippen LogP contribution in [0.5, 0.6) is 0 Å². The number of fused-ring (bicyclic) bond motifs is 2. The summed E-state index contributed by atoms with van der Waals surface area (Å²) in [5, 5.41) is 0. The van der Waals surface area contributed by atoms with Gasteiger partial charge in [-0.1, -0.05) is 0 Å². The topological polar surface area (TPSA) is 0 Å². The molecule has 4 aromatic rings. The van der Waals surface area contributed by atoms with Crippen molar-refractivity contribution < 1.29 is 15.1 Å². The Morgan fingerprint density at radius 2 is 0.930 bits per heavy atom. The van der Waals surface area contributed by atoms with E-state index in [2.05, 4.69) is 153 Å². The molecule has 0 amide bonds. The van der Waals surface area contributed by atoms with Gasteiger partial charge in [0.2, 0.25) is 0 Å². The van der Waals surface area contributed by atoms with Crippen LogP contribution in [-0.2, 0) is 15.1 Å². The third kappa shape index (κ3) is 4.36. The van der Waals surface area contributed by atoms with E-state index in [1.54, 1.807) is 0 Å². The zero-order valence-electron chi connectivity index (χ0n) is 27.9. The van der Waals surface area contributed by atoms with E-state index in [9.17, 15) is 0 Å². The predicted molar refractivity (Wildman–Crippen MR) is 191 cm³/mol. The van der Waals surface area contributed by atoms with Crippen molar-refractivity contribution in [2.45, 2.75) is 67.1 Å². The average molecular weight is 733 g/mol. The minimum atomic E-state index is -5.26. The fraction of sp³-hybridized carbons (Fsp3) is 0.310. The molecule has 0 N–H and O–H groups in total. The average Bonchev–Trinajstić information content (AvgIpc) is 3.55. The van der Waals surface area contributed by atoms with Gasteiger partial charge in [0.25, 0.3) is 0 Å². The third-order valence-corrected chi connectivity index (χ3v) is 47.9. The van der Waals surface area contributed by atoms with Crippen LogP contribution in [0.2, 0.25) is 18.2 Å². The van der Waals surface area contributed by atoms with Crippen LogP contribution in [0.4, 0.5) is 0 Å². The van der Waals surface area contributed by atoms with Gasteiger partial charge in [0.05, 0.1) is 0 Å². The van der Waals surface area contributed by atoms with Crippen molar-refractivity contribution in [3.05, 3.63) is 129 Å². The normalized spacial score (nSPS) is 19.9.